The number of carbonyl (C=O) groups is 2. The first-order chi connectivity index (χ1) is 19.6. The number of amides is 2. The fraction of sp³-hybridized carbons (Fsp3) is 0.647. The molecule has 0 spiro atoms. The molecule has 3 aliphatic heterocycles. The van der Waals surface area contributed by atoms with Crippen LogP contribution in [-0.4, -0.2) is 62.1 Å². The summed E-state index contributed by atoms with van der Waals surface area (Å²) in [5.41, 5.74) is 4.57. The van der Waals surface area contributed by atoms with Gasteiger partial charge in [0.1, 0.15) is 24.1 Å². The fourth-order valence-electron chi connectivity index (χ4n) is 6.63. The van der Waals surface area contributed by atoms with Gasteiger partial charge in [-0.15, -0.1) is 0 Å². The molecule has 0 radical (unpaired) electrons. The van der Waals surface area contributed by atoms with Crippen LogP contribution in [0.5, 0.6) is 5.75 Å². The van der Waals surface area contributed by atoms with Crippen LogP contribution in [0.3, 0.4) is 0 Å². The van der Waals surface area contributed by atoms with Crippen LogP contribution in [0.4, 0.5) is 5.69 Å². The van der Waals surface area contributed by atoms with Crippen LogP contribution < -0.4 is 20.3 Å². The Morgan fingerprint density at radius 2 is 1.98 bits per heavy atom. The summed E-state index contributed by atoms with van der Waals surface area (Å²) in [5, 5.41) is 6.55. The molecule has 1 unspecified atom stereocenters. The fourth-order valence-corrected chi connectivity index (χ4v) is 6.63. The quantitative estimate of drug-likeness (QED) is 0.387. The van der Waals surface area contributed by atoms with E-state index in [0.717, 1.165) is 79.9 Å². The summed E-state index contributed by atoms with van der Waals surface area (Å²) in [6.45, 7) is 20.4. The molecule has 0 aromatic heterocycles. The molecule has 0 saturated carbocycles. The number of carbonyl (C=O) groups excluding carboxylic acids is 2. The summed E-state index contributed by atoms with van der Waals surface area (Å²) in [6.07, 6.45) is 7.70. The Kier molecular flexibility index (Phi) is 10.6. The molecule has 41 heavy (non-hydrogen) atoms. The number of nitrogens with one attached hydrogen (secondary N) is 2. The van der Waals surface area contributed by atoms with E-state index in [9.17, 15) is 9.59 Å². The van der Waals surface area contributed by atoms with E-state index in [4.69, 9.17) is 4.74 Å². The molecule has 3 heterocycles. The van der Waals surface area contributed by atoms with Crippen molar-refractivity contribution in [2.24, 2.45) is 11.3 Å². The maximum absolute atomic E-state index is 14.0. The third kappa shape index (κ3) is 7.73. The van der Waals surface area contributed by atoms with Crippen molar-refractivity contribution < 1.29 is 14.3 Å². The molecule has 1 aromatic rings. The Hall–Kier alpha value is -2.80. The topological polar surface area (TPSA) is 73.9 Å². The van der Waals surface area contributed by atoms with Gasteiger partial charge in [-0.3, -0.25) is 14.5 Å². The van der Waals surface area contributed by atoms with Crippen molar-refractivity contribution in [1.29, 1.82) is 0 Å². The van der Waals surface area contributed by atoms with Crippen LogP contribution in [0.25, 0.3) is 0 Å². The minimum Gasteiger partial charge on any atom is -0.492 e. The molecule has 2 N–H and O–H groups in total. The van der Waals surface area contributed by atoms with E-state index < -0.39 is 6.04 Å². The van der Waals surface area contributed by atoms with Crippen molar-refractivity contribution in [2.75, 3.05) is 44.2 Å². The maximum Gasteiger partial charge on any atom is 0.268 e. The molecule has 2 amide bonds. The first-order valence-electron chi connectivity index (χ1n) is 15.8. The maximum atomic E-state index is 14.0. The molecule has 0 aliphatic carbocycles. The monoisotopic (exact) mass is 564 g/mol. The number of fused-ring (bicyclic) bond motifs is 1. The molecular formula is C34H52N4O3. The molecule has 1 saturated heterocycles. The van der Waals surface area contributed by atoms with Crippen LogP contribution >= 0.6 is 0 Å². The van der Waals surface area contributed by atoms with E-state index in [1.54, 1.807) is 0 Å². The molecule has 7 nitrogen and oxygen atoms in total. The molecular weight excluding hydrogens is 512 g/mol. The second-order valence-corrected chi connectivity index (χ2v) is 13.0. The predicted molar refractivity (Wildman–Crippen MR) is 167 cm³/mol. The zero-order valence-corrected chi connectivity index (χ0v) is 26.1. The van der Waals surface area contributed by atoms with Crippen molar-refractivity contribution in [3.8, 4) is 5.75 Å². The summed E-state index contributed by atoms with van der Waals surface area (Å²) in [7, 11) is 0. The molecule has 4 rings (SSSR count). The number of benzene rings is 1. The van der Waals surface area contributed by atoms with Gasteiger partial charge in [0, 0.05) is 25.2 Å². The van der Waals surface area contributed by atoms with Crippen LogP contribution in [0, 0.1) is 11.3 Å². The molecule has 1 fully saturated rings. The Morgan fingerprint density at radius 1 is 1.22 bits per heavy atom. The normalized spacial score (nSPS) is 23.7. The largest absolute Gasteiger partial charge is 0.492 e. The van der Waals surface area contributed by atoms with Gasteiger partial charge in [0.25, 0.3) is 5.91 Å². The second-order valence-electron chi connectivity index (χ2n) is 13.0. The number of hydrogen-bond donors (Lipinski definition) is 2. The highest BCUT2D eigenvalue weighted by molar-refractivity contribution is 6.03. The molecule has 2 atom stereocenters. The highest BCUT2D eigenvalue weighted by Crippen LogP contribution is 2.37. The van der Waals surface area contributed by atoms with E-state index >= 15 is 0 Å². The van der Waals surface area contributed by atoms with Gasteiger partial charge in [0.2, 0.25) is 5.91 Å². The summed E-state index contributed by atoms with van der Waals surface area (Å²) >= 11 is 0. The number of ether oxygens (including phenoxy) is 1. The average Bonchev–Trinajstić information content (AvgIpc) is 3.62. The second kappa shape index (κ2) is 13.9. The predicted octanol–water partition coefficient (Wildman–Crippen LogP) is 5.60. The number of unbranched alkanes of at least 4 members (excludes halogenated alkanes) is 1. The van der Waals surface area contributed by atoms with E-state index in [1.165, 1.54) is 12.8 Å². The summed E-state index contributed by atoms with van der Waals surface area (Å²) in [4.78, 5) is 32.1. The van der Waals surface area contributed by atoms with Crippen molar-refractivity contribution >= 4 is 17.5 Å². The lowest BCUT2D eigenvalue weighted by atomic mass is 9.78. The SMILES string of the molecule is C=C1/C(C)=C(/C(=O)N[C@@H](CCCC)C(=O)N2CCc3c(OCCN4CCCC4)cccc32)NCCC(C)(C)CC1C. The standard InChI is InChI=1S/C34H52N4O3/c1-7-8-12-28(36-32(39)31-26(4)25(3)24(2)23-34(5,6)16-17-35-31)33(40)38-20-15-27-29(38)13-11-14-30(27)41-22-21-37-18-9-10-19-37/h11,13-14,24,28,35H,3,7-10,12,15-23H2,1-2,4-6H3,(H,36,39)/b31-26-/t24?,28-/m0/s1. The first kappa shape index (κ1) is 31.1. The van der Waals surface area contributed by atoms with Gasteiger partial charge < -0.3 is 20.3 Å². The van der Waals surface area contributed by atoms with Crippen molar-refractivity contribution in [3.63, 3.8) is 0 Å². The number of hydrogen-bond acceptors (Lipinski definition) is 5. The number of allylic oxidation sites excluding steroid dienone is 2. The third-order valence-corrected chi connectivity index (χ3v) is 9.21. The lowest BCUT2D eigenvalue weighted by molar-refractivity contribution is -0.126. The van der Waals surface area contributed by atoms with Gasteiger partial charge in [-0.05, 0) is 93.2 Å². The van der Waals surface area contributed by atoms with Crippen LogP contribution in [-0.2, 0) is 16.0 Å². The number of nitrogens with zero attached hydrogens (tertiary/aromatic N) is 2. The van der Waals surface area contributed by atoms with Crippen LogP contribution in [0.2, 0.25) is 0 Å². The van der Waals surface area contributed by atoms with Gasteiger partial charge in [-0.25, -0.2) is 0 Å². The van der Waals surface area contributed by atoms with Crippen LogP contribution in [0.15, 0.2) is 41.6 Å². The summed E-state index contributed by atoms with van der Waals surface area (Å²) in [5.74, 6) is 0.883. The van der Waals surface area contributed by atoms with E-state index in [0.29, 0.717) is 31.8 Å². The zero-order valence-electron chi connectivity index (χ0n) is 26.1. The lowest BCUT2D eigenvalue weighted by Crippen LogP contribution is -2.50. The van der Waals surface area contributed by atoms with Gasteiger partial charge in [-0.1, -0.05) is 53.2 Å². The molecule has 3 aliphatic rings. The number of rotatable bonds is 10. The Morgan fingerprint density at radius 3 is 2.71 bits per heavy atom. The minimum atomic E-state index is -0.593. The molecule has 226 valence electrons. The molecule has 1 aromatic carbocycles. The van der Waals surface area contributed by atoms with Gasteiger partial charge >= 0.3 is 0 Å². The summed E-state index contributed by atoms with van der Waals surface area (Å²) in [6, 6.07) is 5.40. The van der Waals surface area contributed by atoms with Crippen molar-refractivity contribution in [1.82, 2.24) is 15.5 Å². The molecule has 0 bridgehead atoms. The van der Waals surface area contributed by atoms with Crippen LogP contribution in [0.1, 0.15) is 85.1 Å². The Bertz CT molecular complexity index is 1130. The Balaban J connectivity index is 1.48. The third-order valence-electron chi connectivity index (χ3n) is 9.21. The molecule has 7 heteroatoms. The van der Waals surface area contributed by atoms with E-state index in [-0.39, 0.29) is 23.1 Å². The average molecular weight is 565 g/mol. The Labute approximate surface area is 247 Å². The number of anilines is 1. The van der Waals surface area contributed by atoms with Crippen molar-refractivity contribution in [3.05, 3.63) is 47.2 Å². The minimum absolute atomic E-state index is 0.0468. The van der Waals surface area contributed by atoms with E-state index in [1.807, 2.05) is 30.0 Å². The van der Waals surface area contributed by atoms with Gasteiger partial charge in [-0.2, -0.15) is 0 Å². The smallest absolute Gasteiger partial charge is 0.268 e. The van der Waals surface area contributed by atoms with Crippen molar-refractivity contribution in [2.45, 2.75) is 92.0 Å². The highest BCUT2D eigenvalue weighted by Gasteiger charge is 2.34. The van der Waals surface area contributed by atoms with Gasteiger partial charge in [0.15, 0.2) is 0 Å². The number of likely N-dealkylation sites (tertiary alicyclic amines) is 1. The lowest BCUT2D eigenvalue weighted by Gasteiger charge is -2.28. The first-order valence-corrected chi connectivity index (χ1v) is 15.8. The van der Waals surface area contributed by atoms with E-state index in [2.05, 4.69) is 49.8 Å². The zero-order chi connectivity index (χ0) is 29.6. The highest BCUT2D eigenvalue weighted by atomic mass is 16.5. The van der Waals surface area contributed by atoms with Gasteiger partial charge in [0.05, 0.1) is 5.69 Å². The summed E-state index contributed by atoms with van der Waals surface area (Å²) < 4.78 is 6.21.